The molecule has 1 fully saturated rings. The van der Waals surface area contributed by atoms with Gasteiger partial charge in [0, 0.05) is 46.2 Å². The molecule has 2 rings (SSSR count). The molecule has 0 radical (unpaired) electrons. The lowest BCUT2D eigenvalue weighted by molar-refractivity contribution is -0.135. The summed E-state index contributed by atoms with van der Waals surface area (Å²) in [6.45, 7) is 3.37. The van der Waals surface area contributed by atoms with Crippen LogP contribution in [0, 0.1) is 0 Å². The maximum atomic E-state index is 12.4. The first-order valence-corrected chi connectivity index (χ1v) is 7.54. The topological polar surface area (TPSA) is 76.6 Å². The number of ether oxygens (including phenoxy) is 2. The lowest BCUT2D eigenvalue weighted by atomic mass is 10.2. The maximum Gasteiger partial charge on any atom is 0.264 e. The number of carbonyl (C=O) groups is 1. The molecule has 0 aromatic carbocycles. The third-order valence-corrected chi connectivity index (χ3v) is 4.48. The van der Waals surface area contributed by atoms with Gasteiger partial charge in [-0.05, 0) is 0 Å². The van der Waals surface area contributed by atoms with Crippen LogP contribution < -0.4 is 5.32 Å². The Morgan fingerprint density at radius 2 is 2.29 bits per heavy atom. The summed E-state index contributed by atoms with van der Waals surface area (Å²) in [6, 6.07) is 0. The standard InChI is InChI=1S/C13H20N4O3S/c1-14-12(18)13(19-2,10-17-5-7-20-8-6-17)21-11-9-15-3-4-16-11/h3-4,9H,5-8,10H2,1-2H3,(H,14,18). The Morgan fingerprint density at radius 3 is 2.86 bits per heavy atom. The number of hydrogen-bond donors (Lipinski definition) is 1. The van der Waals surface area contributed by atoms with Crippen molar-refractivity contribution in [2.45, 2.75) is 9.96 Å². The second kappa shape index (κ2) is 7.69. The predicted octanol–water partition coefficient (Wildman–Crippen LogP) is -0.0104. The molecule has 1 aliphatic heterocycles. The van der Waals surface area contributed by atoms with Gasteiger partial charge in [0.2, 0.25) is 4.93 Å². The van der Waals surface area contributed by atoms with Gasteiger partial charge < -0.3 is 14.8 Å². The fourth-order valence-corrected chi connectivity index (χ4v) is 3.19. The van der Waals surface area contributed by atoms with E-state index in [1.54, 1.807) is 32.7 Å². The Balaban J connectivity index is 2.17. The Hall–Kier alpha value is -1.22. The molecule has 0 aliphatic carbocycles. The van der Waals surface area contributed by atoms with E-state index in [4.69, 9.17) is 9.47 Å². The fraction of sp³-hybridized carbons (Fsp3) is 0.615. The van der Waals surface area contributed by atoms with Crippen molar-refractivity contribution in [2.75, 3.05) is 47.0 Å². The molecule has 1 unspecified atom stereocenters. The van der Waals surface area contributed by atoms with Crippen LogP contribution in [0.15, 0.2) is 23.6 Å². The van der Waals surface area contributed by atoms with Crippen LogP contribution in [0.25, 0.3) is 0 Å². The third kappa shape index (κ3) is 4.13. The average molecular weight is 312 g/mol. The zero-order chi connectivity index (χ0) is 15.1. The van der Waals surface area contributed by atoms with Gasteiger partial charge in [0.05, 0.1) is 19.4 Å². The monoisotopic (exact) mass is 312 g/mol. The summed E-state index contributed by atoms with van der Waals surface area (Å²) >= 11 is 1.27. The van der Waals surface area contributed by atoms with Crippen molar-refractivity contribution < 1.29 is 14.3 Å². The number of likely N-dealkylation sites (N-methyl/N-ethyl adjacent to an activating group) is 1. The predicted molar refractivity (Wildman–Crippen MR) is 79.0 cm³/mol. The van der Waals surface area contributed by atoms with Gasteiger partial charge in [0.15, 0.2) is 0 Å². The van der Waals surface area contributed by atoms with Crippen molar-refractivity contribution in [1.29, 1.82) is 0 Å². The third-order valence-electron chi connectivity index (χ3n) is 3.25. The maximum absolute atomic E-state index is 12.4. The molecule has 0 spiro atoms. The van der Waals surface area contributed by atoms with Gasteiger partial charge in [0.25, 0.3) is 5.91 Å². The van der Waals surface area contributed by atoms with Crippen LogP contribution in [0.5, 0.6) is 0 Å². The molecule has 21 heavy (non-hydrogen) atoms. The summed E-state index contributed by atoms with van der Waals surface area (Å²) in [4.78, 5) is 21.7. The highest BCUT2D eigenvalue weighted by Gasteiger charge is 2.42. The van der Waals surface area contributed by atoms with Gasteiger partial charge in [-0.25, -0.2) is 4.98 Å². The highest BCUT2D eigenvalue weighted by atomic mass is 32.2. The van der Waals surface area contributed by atoms with Crippen LogP contribution >= 0.6 is 11.8 Å². The zero-order valence-electron chi connectivity index (χ0n) is 12.2. The van der Waals surface area contributed by atoms with Gasteiger partial charge in [-0.3, -0.25) is 14.7 Å². The second-order valence-electron chi connectivity index (χ2n) is 4.57. The molecular formula is C13H20N4O3S. The summed E-state index contributed by atoms with van der Waals surface area (Å²) in [5, 5.41) is 3.33. The smallest absolute Gasteiger partial charge is 0.264 e. The highest BCUT2D eigenvalue weighted by Crippen LogP contribution is 2.33. The minimum absolute atomic E-state index is 0.188. The number of nitrogens with one attached hydrogen (secondary N) is 1. The number of thioether (sulfide) groups is 1. The van der Waals surface area contributed by atoms with Gasteiger partial charge >= 0.3 is 0 Å². The number of morpholine rings is 1. The lowest BCUT2D eigenvalue weighted by Crippen LogP contribution is -2.54. The van der Waals surface area contributed by atoms with E-state index in [9.17, 15) is 4.79 Å². The van der Waals surface area contributed by atoms with Crippen molar-refractivity contribution in [2.24, 2.45) is 0 Å². The molecule has 1 atom stereocenters. The van der Waals surface area contributed by atoms with E-state index >= 15 is 0 Å². The molecule has 1 N–H and O–H groups in total. The van der Waals surface area contributed by atoms with E-state index in [-0.39, 0.29) is 5.91 Å². The van der Waals surface area contributed by atoms with E-state index < -0.39 is 4.93 Å². The molecule has 8 heteroatoms. The molecule has 116 valence electrons. The van der Waals surface area contributed by atoms with E-state index in [0.29, 0.717) is 24.8 Å². The first kappa shape index (κ1) is 16.2. The van der Waals surface area contributed by atoms with Crippen LogP contribution in [0.3, 0.4) is 0 Å². The molecule has 1 aromatic heterocycles. The normalized spacial score (nSPS) is 19.0. The minimum atomic E-state index is -1.05. The number of aromatic nitrogens is 2. The van der Waals surface area contributed by atoms with Crippen LogP contribution in [0.2, 0.25) is 0 Å². The van der Waals surface area contributed by atoms with Crippen LogP contribution in [-0.4, -0.2) is 72.7 Å². The van der Waals surface area contributed by atoms with Crippen LogP contribution in [-0.2, 0) is 14.3 Å². The number of hydrogen-bond acceptors (Lipinski definition) is 7. The summed E-state index contributed by atoms with van der Waals surface area (Å²) < 4.78 is 10.9. The van der Waals surface area contributed by atoms with Crippen LogP contribution in [0.4, 0.5) is 0 Å². The lowest BCUT2D eigenvalue weighted by Gasteiger charge is -2.36. The first-order chi connectivity index (χ1) is 10.2. The Bertz CT molecular complexity index is 456. The molecule has 0 saturated carbocycles. The SMILES string of the molecule is CNC(=O)C(CN1CCOCC1)(OC)Sc1cnccn1. The minimum Gasteiger partial charge on any atom is -0.379 e. The van der Waals surface area contributed by atoms with Gasteiger partial charge in [-0.2, -0.15) is 0 Å². The average Bonchev–Trinajstić information content (AvgIpc) is 2.55. The van der Waals surface area contributed by atoms with Gasteiger partial charge in [-0.15, -0.1) is 0 Å². The number of methoxy groups -OCH3 is 1. The van der Waals surface area contributed by atoms with E-state index in [1.807, 2.05) is 0 Å². The Labute approximate surface area is 128 Å². The highest BCUT2D eigenvalue weighted by molar-refractivity contribution is 8.01. The first-order valence-electron chi connectivity index (χ1n) is 6.72. The number of amides is 1. The van der Waals surface area contributed by atoms with Crippen molar-refractivity contribution in [1.82, 2.24) is 20.2 Å². The second-order valence-corrected chi connectivity index (χ2v) is 5.85. The molecule has 2 heterocycles. The number of carbonyl (C=O) groups excluding carboxylic acids is 1. The molecule has 7 nitrogen and oxygen atoms in total. The molecule has 1 amide bonds. The molecule has 0 bridgehead atoms. The quantitative estimate of drug-likeness (QED) is 0.585. The molecule has 1 saturated heterocycles. The molecule has 1 aliphatic rings. The largest absolute Gasteiger partial charge is 0.379 e. The van der Waals surface area contributed by atoms with Crippen molar-refractivity contribution in [3.8, 4) is 0 Å². The van der Waals surface area contributed by atoms with Crippen molar-refractivity contribution in [3.05, 3.63) is 18.6 Å². The summed E-state index contributed by atoms with van der Waals surface area (Å²) in [6.07, 6.45) is 4.82. The summed E-state index contributed by atoms with van der Waals surface area (Å²) in [5.41, 5.74) is 0. The molecular weight excluding hydrogens is 292 g/mol. The fourth-order valence-electron chi connectivity index (χ4n) is 2.10. The van der Waals surface area contributed by atoms with Gasteiger partial charge in [-0.1, -0.05) is 11.8 Å². The Kier molecular flexibility index (Phi) is 5.92. The number of rotatable bonds is 6. The summed E-state index contributed by atoms with van der Waals surface area (Å²) in [7, 11) is 3.14. The van der Waals surface area contributed by atoms with Crippen molar-refractivity contribution >= 4 is 17.7 Å². The van der Waals surface area contributed by atoms with Crippen molar-refractivity contribution in [3.63, 3.8) is 0 Å². The summed E-state index contributed by atoms with van der Waals surface area (Å²) in [5.74, 6) is -0.188. The van der Waals surface area contributed by atoms with E-state index in [2.05, 4.69) is 20.2 Å². The van der Waals surface area contributed by atoms with E-state index in [0.717, 1.165) is 13.1 Å². The zero-order valence-corrected chi connectivity index (χ0v) is 13.1. The molecule has 1 aromatic rings. The van der Waals surface area contributed by atoms with E-state index in [1.165, 1.54) is 11.8 Å². The Morgan fingerprint density at radius 1 is 1.52 bits per heavy atom. The number of nitrogens with zero attached hydrogens (tertiary/aromatic N) is 3. The van der Waals surface area contributed by atoms with Crippen LogP contribution in [0.1, 0.15) is 0 Å². The van der Waals surface area contributed by atoms with Gasteiger partial charge in [0.1, 0.15) is 5.03 Å².